The monoisotopic (exact) mass is 293 g/mol. The summed E-state index contributed by atoms with van der Waals surface area (Å²) in [7, 11) is 0. The first-order valence-corrected chi connectivity index (χ1v) is 6.90. The Labute approximate surface area is 122 Å². The molecule has 0 radical (unpaired) electrons. The molecule has 0 aromatic carbocycles. The Bertz CT molecular complexity index is 561. The molecule has 1 aliphatic heterocycles. The van der Waals surface area contributed by atoms with Crippen LogP contribution in [0.4, 0.5) is 11.5 Å². The highest BCUT2D eigenvalue weighted by Gasteiger charge is 2.22. The van der Waals surface area contributed by atoms with Crippen molar-refractivity contribution < 1.29 is 10.1 Å². The third-order valence-electron chi connectivity index (χ3n) is 3.76. The zero-order valence-corrected chi connectivity index (χ0v) is 11.9. The topological polar surface area (TPSA) is 118 Å². The van der Waals surface area contributed by atoms with Crippen LogP contribution in [-0.4, -0.2) is 34.0 Å². The lowest BCUT2D eigenvalue weighted by Gasteiger charge is -2.23. The molecule has 0 aliphatic carbocycles. The average molecular weight is 293 g/mol. The van der Waals surface area contributed by atoms with Crippen molar-refractivity contribution in [1.29, 1.82) is 0 Å². The van der Waals surface area contributed by atoms with Gasteiger partial charge in [-0.1, -0.05) is 12.1 Å². The molecule has 2 rings (SSSR count). The van der Waals surface area contributed by atoms with Crippen molar-refractivity contribution in [3.63, 3.8) is 0 Å². The number of nitrogens with two attached hydrogens (primary N) is 1. The van der Waals surface area contributed by atoms with Gasteiger partial charge in [0.1, 0.15) is 12.0 Å². The number of hydrogen-bond acceptors (Lipinski definition) is 6. The molecule has 3 N–H and O–H groups in total. The Hall–Kier alpha value is -2.38. The quantitative estimate of drug-likeness (QED) is 0.288. The van der Waals surface area contributed by atoms with Gasteiger partial charge in [-0.15, -0.1) is 0 Å². The first kappa shape index (κ1) is 15.0. The molecule has 8 heteroatoms. The van der Waals surface area contributed by atoms with E-state index >= 15 is 0 Å². The average Bonchev–Trinajstić information content (AvgIpc) is 2.70. The molecule has 0 amide bonds. The maximum Gasteiger partial charge on any atom is 0.288 e. The number of anilines is 1. The zero-order valence-electron chi connectivity index (χ0n) is 11.9. The number of aromatic nitrogens is 1. The molecular formula is C13H19N5O3. The number of hydrogen-bond donors (Lipinski definition) is 2. The third-order valence-corrected chi connectivity index (χ3v) is 3.76. The van der Waals surface area contributed by atoms with Crippen LogP contribution >= 0.6 is 0 Å². The van der Waals surface area contributed by atoms with E-state index in [4.69, 9.17) is 10.9 Å². The van der Waals surface area contributed by atoms with Gasteiger partial charge in [-0.05, 0) is 25.2 Å². The molecule has 1 aromatic rings. The molecule has 0 bridgehead atoms. The Balaban J connectivity index is 2.39. The largest absolute Gasteiger partial charge is 0.409 e. The number of nitro groups is 1. The van der Waals surface area contributed by atoms with E-state index in [0.29, 0.717) is 17.3 Å². The van der Waals surface area contributed by atoms with Crippen LogP contribution in [0, 0.1) is 16.0 Å². The summed E-state index contributed by atoms with van der Waals surface area (Å²) in [5.41, 5.74) is 5.76. The van der Waals surface area contributed by atoms with Gasteiger partial charge in [-0.3, -0.25) is 10.1 Å². The molecular weight excluding hydrogens is 274 g/mol. The van der Waals surface area contributed by atoms with E-state index in [1.54, 1.807) is 0 Å². The second-order valence-electron chi connectivity index (χ2n) is 5.33. The van der Waals surface area contributed by atoms with Crippen LogP contribution in [0.1, 0.15) is 31.7 Å². The molecule has 114 valence electrons. The van der Waals surface area contributed by atoms with E-state index in [1.807, 2.05) is 4.90 Å². The lowest BCUT2D eigenvalue weighted by Crippen LogP contribution is -2.29. The van der Waals surface area contributed by atoms with E-state index in [-0.39, 0.29) is 11.5 Å². The molecule has 0 spiro atoms. The van der Waals surface area contributed by atoms with Crippen molar-refractivity contribution in [3.8, 4) is 0 Å². The summed E-state index contributed by atoms with van der Waals surface area (Å²) in [6.45, 7) is 3.82. The van der Waals surface area contributed by atoms with Crippen LogP contribution in [-0.2, 0) is 0 Å². The van der Waals surface area contributed by atoms with Crippen molar-refractivity contribution in [2.75, 3.05) is 18.0 Å². The fraction of sp³-hybridized carbons (Fsp3) is 0.538. The van der Waals surface area contributed by atoms with Crippen LogP contribution in [0.3, 0.4) is 0 Å². The van der Waals surface area contributed by atoms with E-state index in [0.717, 1.165) is 32.4 Å². The number of nitrogens with zero attached hydrogens (tertiary/aromatic N) is 4. The van der Waals surface area contributed by atoms with Crippen LogP contribution < -0.4 is 10.6 Å². The minimum atomic E-state index is -0.546. The van der Waals surface area contributed by atoms with E-state index in [2.05, 4.69) is 17.1 Å². The minimum absolute atomic E-state index is 0.168. The zero-order chi connectivity index (χ0) is 15.4. The molecule has 1 atom stereocenters. The molecule has 21 heavy (non-hydrogen) atoms. The van der Waals surface area contributed by atoms with Gasteiger partial charge < -0.3 is 15.8 Å². The first-order chi connectivity index (χ1) is 10.0. The summed E-state index contributed by atoms with van der Waals surface area (Å²) in [6, 6.07) is 1.30. The Morgan fingerprint density at radius 1 is 1.57 bits per heavy atom. The summed E-state index contributed by atoms with van der Waals surface area (Å²) in [6.07, 6.45) is 4.39. The van der Waals surface area contributed by atoms with Gasteiger partial charge in [0.2, 0.25) is 0 Å². The molecule has 1 aromatic heterocycles. The van der Waals surface area contributed by atoms with Crippen LogP contribution in [0.15, 0.2) is 17.4 Å². The lowest BCUT2D eigenvalue weighted by atomic mass is 10.0. The minimum Gasteiger partial charge on any atom is -0.409 e. The maximum absolute atomic E-state index is 10.9. The van der Waals surface area contributed by atoms with Crippen molar-refractivity contribution in [2.24, 2.45) is 16.8 Å². The Morgan fingerprint density at radius 2 is 2.33 bits per heavy atom. The predicted octanol–water partition coefficient (Wildman–Crippen LogP) is 1.71. The lowest BCUT2D eigenvalue weighted by molar-refractivity contribution is -0.385. The fourth-order valence-corrected chi connectivity index (χ4v) is 2.52. The van der Waals surface area contributed by atoms with Crippen molar-refractivity contribution >= 4 is 17.3 Å². The molecule has 1 aliphatic rings. The summed E-state index contributed by atoms with van der Waals surface area (Å²) >= 11 is 0. The number of rotatable bonds is 3. The van der Waals surface area contributed by atoms with Gasteiger partial charge in [0.05, 0.1) is 10.5 Å². The highest BCUT2D eigenvalue weighted by molar-refractivity contribution is 6.01. The molecule has 2 heterocycles. The van der Waals surface area contributed by atoms with Crippen LogP contribution in [0.25, 0.3) is 0 Å². The summed E-state index contributed by atoms with van der Waals surface area (Å²) in [5, 5.41) is 22.7. The SMILES string of the molecule is CC1CCCN(c2ncc([N+](=O)[O-])cc2C(N)=NO)CC1. The third kappa shape index (κ3) is 3.39. The second-order valence-corrected chi connectivity index (χ2v) is 5.33. The predicted molar refractivity (Wildman–Crippen MR) is 78.6 cm³/mol. The Morgan fingerprint density at radius 3 is 3.00 bits per heavy atom. The highest BCUT2D eigenvalue weighted by Crippen LogP contribution is 2.26. The number of oxime groups is 1. The van der Waals surface area contributed by atoms with Gasteiger partial charge in [-0.2, -0.15) is 0 Å². The normalized spacial score (nSPS) is 20.1. The van der Waals surface area contributed by atoms with Crippen molar-refractivity contribution in [1.82, 2.24) is 4.98 Å². The maximum atomic E-state index is 10.9. The van der Waals surface area contributed by atoms with Crippen LogP contribution in [0.5, 0.6) is 0 Å². The van der Waals surface area contributed by atoms with E-state index < -0.39 is 4.92 Å². The summed E-state index contributed by atoms with van der Waals surface area (Å²) in [4.78, 5) is 16.5. The van der Waals surface area contributed by atoms with Gasteiger partial charge in [0.15, 0.2) is 5.84 Å². The molecule has 1 saturated heterocycles. The molecule has 8 nitrogen and oxygen atoms in total. The first-order valence-electron chi connectivity index (χ1n) is 6.90. The Kier molecular flexibility index (Phi) is 4.56. The number of pyridine rings is 1. The number of amidine groups is 1. The molecule has 1 unspecified atom stereocenters. The summed E-state index contributed by atoms with van der Waals surface area (Å²) in [5.74, 6) is 1.00. The van der Waals surface area contributed by atoms with Crippen molar-refractivity contribution in [3.05, 3.63) is 27.9 Å². The molecule has 0 saturated carbocycles. The highest BCUT2D eigenvalue weighted by atomic mass is 16.6. The van der Waals surface area contributed by atoms with Gasteiger partial charge in [-0.25, -0.2) is 4.98 Å². The summed E-state index contributed by atoms with van der Waals surface area (Å²) < 4.78 is 0. The van der Waals surface area contributed by atoms with E-state index in [9.17, 15) is 10.1 Å². The van der Waals surface area contributed by atoms with Gasteiger partial charge in [0.25, 0.3) is 5.69 Å². The van der Waals surface area contributed by atoms with Crippen molar-refractivity contribution in [2.45, 2.75) is 26.2 Å². The standard InChI is InChI=1S/C13H19N5O3/c1-9-3-2-5-17(6-4-9)13-11(12(14)16-19)7-10(8-15-13)18(20)21/h7-9,19H,2-6H2,1H3,(H2,14,16). The van der Waals surface area contributed by atoms with Crippen LogP contribution in [0.2, 0.25) is 0 Å². The second kappa shape index (κ2) is 6.38. The van der Waals surface area contributed by atoms with E-state index in [1.165, 1.54) is 12.3 Å². The van der Waals surface area contributed by atoms with Gasteiger partial charge >= 0.3 is 0 Å². The fourth-order valence-electron chi connectivity index (χ4n) is 2.52. The van der Waals surface area contributed by atoms with Gasteiger partial charge in [0, 0.05) is 19.2 Å². The smallest absolute Gasteiger partial charge is 0.288 e. The molecule has 1 fully saturated rings.